The van der Waals surface area contributed by atoms with Crippen LogP contribution in [0.2, 0.25) is 0 Å². The normalized spacial score (nSPS) is 8.69. The summed E-state index contributed by atoms with van der Waals surface area (Å²) < 4.78 is 35.3. The van der Waals surface area contributed by atoms with E-state index in [1.165, 1.54) is 6.92 Å². The van der Waals surface area contributed by atoms with E-state index < -0.39 is 11.7 Å². The average molecular weight is 580 g/mol. The molecule has 29 heavy (non-hydrogen) atoms. The Kier molecular flexibility index (Phi) is 20.7. The molecule has 3 rings (SSSR count). The molecule has 2 N–H and O–H groups in total. The second kappa shape index (κ2) is 19.1. The minimum atomic E-state index is -4.25. The topological polar surface area (TPSA) is 71.6 Å². The van der Waals surface area contributed by atoms with E-state index in [2.05, 4.69) is 23.9 Å². The van der Waals surface area contributed by atoms with Gasteiger partial charge in [0.25, 0.3) is 0 Å². The van der Waals surface area contributed by atoms with E-state index in [1.54, 1.807) is 0 Å². The van der Waals surface area contributed by atoms with Crippen LogP contribution in [-0.2, 0) is 31.4 Å². The van der Waals surface area contributed by atoms with Gasteiger partial charge in [-0.05, 0) is 0 Å². The van der Waals surface area contributed by atoms with E-state index in [1.807, 2.05) is 48.5 Å². The van der Waals surface area contributed by atoms with Gasteiger partial charge in [-0.15, -0.1) is 12.1 Å². The molecule has 1 aromatic heterocycles. The summed E-state index contributed by atoms with van der Waals surface area (Å²) in [5, 5.41) is 14.0. The van der Waals surface area contributed by atoms with Gasteiger partial charge in [-0.1, -0.05) is 13.0 Å². The molecule has 1 radical (unpaired) electrons. The molecule has 3 aromatic rings. The summed E-state index contributed by atoms with van der Waals surface area (Å²) in [6, 6.07) is 23.2. The molecule has 2 aromatic carbocycles. The Morgan fingerprint density at radius 1 is 0.897 bits per heavy atom. The molecule has 0 bridgehead atoms. The fourth-order valence-electron chi connectivity index (χ4n) is 1.75. The molecule has 0 aliphatic carbocycles. The van der Waals surface area contributed by atoms with Crippen LogP contribution in [-0.4, -0.2) is 31.2 Å². The minimum Gasteiger partial charge on any atom is -0.667 e. The zero-order chi connectivity index (χ0) is 22.0. The van der Waals surface area contributed by atoms with Gasteiger partial charge in [-0.3, -0.25) is 6.79 Å². The van der Waals surface area contributed by atoms with Gasteiger partial charge in [0.1, 0.15) is 0 Å². The second-order valence-electron chi connectivity index (χ2n) is 4.55. The van der Waals surface area contributed by atoms with Crippen molar-refractivity contribution in [1.82, 2.24) is 4.98 Å². The SMILES string of the molecule is CO.CO.Cc1cc(C(F)(F)F)c[n-]1.[CH-]=O.[Re].[c-]1ccccc1-c1[c-]cccc1. The quantitative estimate of drug-likeness (QED) is 0.340. The van der Waals surface area contributed by atoms with Crippen molar-refractivity contribution in [1.29, 1.82) is 0 Å². The Morgan fingerprint density at radius 3 is 1.52 bits per heavy atom. The number of benzene rings is 2. The number of alkyl halides is 3. The van der Waals surface area contributed by atoms with Crippen LogP contribution >= 0.6 is 0 Å². The molecule has 0 fully saturated rings. The number of carbonyl (C=O) groups excluding carboxylic acids is 1. The van der Waals surface area contributed by atoms with Crippen molar-refractivity contribution < 1.29 is 48.6 Å². The predicted molar refractivity (Wildman–Crippen MR) is 102 cm³/mol. The molecule has 0 saturated heterocycles. The Balaban J connectivity index is -0.000000365. The van der Waals surface area contributed by atoms with Crippen LogP contribution in [0.5, 0.6) is 0 Å². The Hall–Kier alpha value is -2.24. The molecule has 0 aliphatic heterocycles. The van der Waals surface area contributed by atoms with Gasteiger partial charge in [-0.25, -0.2) is 11.1 Å². The van der Waals surface area contributed by atoms with E-state index in [4.69, 9.17) is 15.0 Å². The van der Waals surface area contributed by atoms with E-state index in [0.29, 0.717) is 5.69 Å². The Labute approximate surface area is 183 Å². The van der Waals surface area contributed by atoms with E-state index in [0.717, 1.165) is 37.6 Å². The number of aromatic nitrogens is 1. The van der Waals surface area contributed by atoms with E-state index in [-0.39, 0.29) is 20.4 Å². The van der Waals surface area contributed by atoms with Gasteiger partial charge in [0.05, 0.1) is 0 Å². The summed E-state index contributed by atoms with van der Waals surface area (Å²) in [6.45, 7) is 4.77. The van der Waals surface area contributed by atoms with Crippen LogP contribution < -0.4 is 4.98 Å². The third kappa shape index (κ3) is 13.6. The van der Waals surface area contributed by atoms with Gasteiger partial charge in [0.15, 0.2) is 0 Å². The fraction of sp³-hybridized carbons (Fsp3) is 0.190. The predicted octanol–water partition coefficient (Wildman–Crippen LogP) is 3.87. The average Bonchev–Trinajstić information content (AvgIpc) is 3.21. The molecular formula is C21H22F3NO3Re-4. The number of hydrogen-bond donors (Lipinski definition) is 2. The maximum Gasteiger partial charge on any atom is 0.414 e. The molecule has 4 nitrogen and oxygen atoms in total. The summed E-state index contributed by atoms with van der Waals surface area (Å²) in [7, 11) is 2.00. The van der Waals surface area contributed by atoms with Gasteiger partial charge >= 0.3 is 6.18 Å². The van der Waals surface area contributed by atoms with Crippen molar-refractivity contribution in [3.05, 3.63) is 84.2 Å². The van der Waals surface area contributed by atoms with Crippen molar-refractivity contribution in [2.75, 3.05) is 14.2 Å². The van der Waals surface area contributed by atoms with Gasteiger partial charge in [-0.2, -0.15) is 73.6 Å². The van der Waals surface area contributed by atoms with Crippen LogP contribution in [0, 0.1) is 19.1 Å². The van der Waals surface area contributed by atoms with Crippen LogP contribution in [0.1, 0.15) is 11.3 Å². The zero-order valence-corrected chi connectivity index (χ0v) is 18.8. The molecule has 0 saturated carbocycles. The Morgan fingerprint density at radius 2 is 1.31 bits per heavy atom. The summed E-state index contributed by atoms with van der Waals surface area (Å²) in [6.07, 6.45) is -3.42. The van der Waals surface area contributed by atoms with Crippen LogP contribution in [0.3, 0.4) is 0 Å². The van der Waals surface area contributed by atoms with Gasteiger partial charge < -0.3 is 20.0 Å². The molecule has 0 spiro atoms. The molecule has 0 unspecified atom stereocenters. The number of aliphatic hydroxyl groups is 2. The van der Waals surface area contributed by atoms with Crippen LogP contribution in [0.25, 0.3) is 11.1 Å². The monoisotopic (exact) mass is 580 g/mol. The molecule has 0 amide bonds. The molecule has 0 atom stereocenters. The largest absolute Gasteiger partial charge is 0.667 e. The molecule has 8 heteroatoms. The number of halogens is 3. The first-order chi connectivity index (χ1) is 13.5. The molecule has 0 aliphatic rings. The number of aryl methyl sites for hydroxylation is 1. The first-order valence-corrected chi connectivity index (χ1v) is 7.70. The number of nitrogens with zero attached hydrogens (tertiary/aromatic N) is 1. The number of aliphatic hydroxyl groups excluding tert-OH is 2. The maximum absolute atomic E-state index is 11.8. The first kappa shape index (κ1) is 31.5. The molecular weight excluding hydrogens is 557 g/mol. The third-order valence-electron chi connectivity index (χ3n) is 2.81. The zero-order valence-electron chi connectivity index (χ0n) is 16.1. The van der Waals surface area contributed by atoms with Crippen LogP contribution in [0.15, 0.2) is 60.8 Å². The smallest absolute Gasteiger partial charge is 0.414 e. The number of rotatable bonds is 1. The maximum atomic E-state index is 11.8. The van der Waals surface area contributed by atoms with E-state index in [9.17, 15) is 13.2 Å². The van der Waals surface area contributed by atoms with Crippen molar-refractivity contribution in [2.45, 2.75) is 13.1 Å². The number of hydrogen-bond acceptors (Lipinski definition) is 3. The summed E-state index contributed by atoms with van der Waals surface area (Å²) in [5.74, 6) is 0. The van der Waals surface area contributed by atoms with Gasteiger partial charge in [0.2, 0.25) is 0 Å². The van der Waals surface area contributed by atoms with Crippen LogP contribution in [0.4, 0.5) is 13.2 Å². The van der Waals surface area contributed by atoms with Crippen molar-refractivity contribution in [3.8, 4) is 11.1 Å². The third-order valence-corrected chi connectivity index (χ3v) is 2.81. The molecule has 1 heterocycles. The first-order valence-electron chi connectivity index (χ1n) is 7.70. The minimum absolute atomic E-state index is 0. The summed E-state index contributed by atoms with van der Waals surface area (Å²) in [5.41, 5.74) is 1.91. The van der Waals surface area contributed by atoms with Crippen molar-refractivity contribution in [3.63, 3.8) is 0 Å². The Bertz CT molecular complexity index is 683. The van der Waals surface area contributed by atoms with E-state index >= 15 is 0 Å². The summed E-state index contributed by atoms with van der Waals surface area (Å²) in [4.78, 5) is 11.2. The molecule has 161 valence electrons. The second-order valence-corrected chi connectivity index (χ2v) is 4.55. The van der Waals surface area contributed by atoms with Gasteiger partial charge in [0, 0.05) is 40.2 Å². The van der Waals surface area contributed by atoms with Crippen molar-refractivity contribution in [2.24, 2.45) is 0 Å². The standard InChI is InChI=1S/C12H8.C6H5F3N.2CH4O.CHO.Re/c1-3-7-11(8-4-1)12-9-5-2-6-10-12;1-4-2-5(3-10-4)6(7,8)9;3*1-2;/h1-7,9H;2-3H,1H3;2*2H,1H3;1H;/q-2;-1;;;-1;. The summed E-state index contributed by atoms with van der Waals surface area (Å²) >= 11 is 0. The fourth-order valence-corrected chi connectivity index (χ4v) is 1.75. The van der Waals surface area contributed by atoms with Crippen molar-refractivity contribution >= 4 is 6.79 Å².